The van der Waals surface area contributed by atoms with Crippen LogP contribution < -0.4 is 9.62 Å². The van der Waals surface area contributed by atoms with Crippen molar-refractivity contribution in [1.29, 1.82) is 0 Å². The molecule has 24 heavy (non-hydrogen) atoms. The summed E-state index contributed by atoms with van der Waals surface area (Å²) in [4.78, 5) is 12.3. The van der Waals surface area contributed by atoms with E-state index in [4.69, 9.17) is 0 Å². The van der Waals surface area contributed by atoms with Gasteiger partial charge in [-0.05, 0) is 43.2 Å². The fourth-order valence-corrected chi connectivity index (χ4v) is 3.19. The van der Waals surface area contributed by atoms with Crippen LogP contribution in [0.4, 0.5) is 15.8 Å². The lowest BCUT2D eigenvalue weighted by atomic mass is 10.2. The Balaban J connectivity index is 2.26. The summed E-state index contributed by atoms with van der Waals surface area (Å²) < 4.78 is 38.5. The molecule has 0 aromatic heterocycles. The number of sulfonamides is 1. The van der Waals surface area contributed by atoms with E-state index in [1.165, 1.54) is 12.1 Å². The fraction of sp³-hybridized carbons (Fsp3) is 0.235. The van der Waals surface area contributed by atoms with Gasteiger partial charge in [0, 0.05) is 5.69 Å². The van der Waals surface area contributed by atoms with Crippen LogP contribution in [0, 0.1) is 19.7 Å². The Bertz CT molecular complexity index is 866. The number of anilines is 2. The highest BCUT2D eigenvalue weighted by Gasteiger charge is 2.22. The molecule has 0 unspecified atom stereocenters. The fourth-order valence-electron chi connectivity index (χ4n) is 2.27. The van der Waals surface area contributed by atoms with Crippen molar-refractivity contribution in [2.24, 2.45) is 0 Å². The molecule has 2 aromatic rings. The topological polar surface area (TPSA) is 66.5 Å². The third-order valence-electron chi connectivity index (χ3n) is 3.55. The summed E-state index contributed by atoms with van der Waals surface area (Å²) in [6, 6.07) is 10.9. The molecule has 0 radical (unpaired) electrons. The van der Waals surface area contributed by atoms with Crippen molar-refractivity contribution in [2.45, 2.75) is 13.8 Å². The van der Waals surface area contributed by atoms with E-state index < -0.39 is 21.7 Å². The molecule has 1 amide bonds. The number of para-hydroxylation sites is 1. The van der Waals surface area contributed by atoms with E-state index in [0.717, 1.165) is 16.1 Å². The summed E-state index contributed by atoms with van der Waals surface area (Å²) in [5.41, 5.74) is 2.17. The molecular formula is C17H19FN2O3S. The minimum atomic E-state index is -3.65. The number of amides is 1. The number of hydrogen-bond donors (Lipinski definition) is 1. The van der Waals surface area contributed by atoms with Gasteiger partial charge in [0.15, 0.2) is 0 Å². The molecule has 1 N–H and O–H groups in total. The van der Waals surface area contributed by atoms with Crippen LogP contribution >= 0.6 is 0 Å². The number of carbonyl (C=O) groups excluding carboxylic acids is 1. The molecule has 0 spiro atoms. The minimum Gasteiger partial charge on any atom is -0.324 e. The van der Waals surface area contributed by atoms with Crippen LogP contribution in [0.15, 0.2) is 42.5 Å². The molecule has 0 atom stereocenters. The Kier molecular flexibility index (Phi) is 5.23. The van der Waals surface area contributed by atoms with Crippen molar-refractivity contribution < 1.29 is 17.6 Å². The zero-order valence-electron chi connectivity index (χ0n) is 13.7. The molecule has 128 valence electrons. The third-order valence-corrected chi connectivity index (χ3v) is 4.67. The van der Waals surface area contributed by atoms with Crippen LogP contribution in [-0.2, 0) is 14.8 Å². The summed E-state index contributed by atoms with van der Waals surface area (Å²) in [6.45, 7) is 3.10. The van der Waals surface area contributed by atoms with Gasteiger partial charge in [0.1, 0.15) is 12.4 Å². The zero-order chi connectivity index (χ0) is 17.9. The van der Waals surface area contributed by atoms with Gasteiger partial charge < -0.3 is 5.32 Å². The number of halogens is 1. The van der Waals surface area contributed by atoms with Crippen LogP contribution in [0.25, 0.3) is 0 Å². The highest BCUT2D eigenvalue weighted by Crippen LogP contribution is 2.22. The maximum atomic E-state index is 13.3. The number of aryl methyl sites for hydroxylation is 2. The molecule has 0 aliphatic rings. The summed E-state index contributed by atoms with van der Waals surface area (Å²) >= 11 is 0. The van der Waals surface area contributed by atoms with E-state index in [0.29, 0.717) is 16.9 Å². The minimum absolute atomic E-state index is 0.318. The van der Waals surface area contributed by atoms with Crippen molar-refractivity contribution in [1.82, 2.24) is 0 Å². The smallest absolute Gasteiger partial charge is 0.245 e. The van der Waals surface area contributed by atoms with Gasteiger partial charge in [-0.25, -0.2) is 12.8 Å². The number of carbonyl (C=O) groups is 1. The first-order chi connectivity index (χ1) is 11.2. The van der Waals surface area contributed by atoms with E-state index in [2.05, 4.69) is 5.32 Å². The second-order valence-corrected chi connectivity index (χ2v) is 7.47. The molecule has 0 saturated carbocycles. The van der Waals surface area contributed by atoms with Gasteiger partial charge in [-0.3, -0.25) is 9.10 Å². The Labute approximate surface area is 141 Å². The number of hydrogen-bond acceptors (Lipinski definition) is 3. The Morgan fingerprint density at radius 1 is 1.12 bits per heavy atom. The Hall–Kier alpha value is -2.41. The average Bonchev–Trinajstić information content (AvgIpc) is 2.48. The molecule has 0 heterocycles. The van der Waals surface area contributed by atoms with Gasteiger partial charge in [-0.2, -0.15) is 0 Å². The van der Waals surface area contributed by atoms with Gasteiger partial charge in [0.25, 0.3) is 0 Å². The molecule has 0 aliphatic heterocycles. The van der Waals surface area contributed by atoms with Gasteiger partial charge in [-0.15, -0.1) is 0 Å². The van der Waals surface area contributed by atoms with Crippen LogP contribution in [0.2, 0.25) is 0 Å². The van der Waals surface area contributed by atoms with Crippen molar-refractivity contribution >= 4 is 27.3 Å². The second kappa shape index (κ2) is 7.00. The zero-order valence-corrected chi connectivity index (χ0v) is 14.5. The molecule has 2 aromatic carbocycles. The maximum Gasteiger partial charge on any atom is 0.245 e. The number of nitrogens with one attached hydrogen (secondary N) is 1. The first-order valence-electron chi connectivity index (χ1n) is 7.28. The normalized spacial score (nSPS) is 11.2. The molecular weight excluding hydrogens is 331 g/mol. The predicted molar refractivity (Wildman–Crippen MR) is 93.1 cm³/mol. The van der Waals surface area contributed by atoms with Gasteiger partial charge >= 0.3 is 0 Å². The van der Waals surface area contributed by atoms with Crippen molar-refractivity contribution in [2.75, 3.05) is 22.4 Å². The quantitative estimate of drug-likeness (QED) is 0.902. The lowest BCUT2D eigenvalue weighted by Crippen LogP contribution is -2.38. The lowest BCUT2D eigenvalue weighted by molar-refractivity contribution is -0.114. The average molecular weight is 350 g/mol. The lowest BCUT2D eigenvalue weighted by Gasteiger charge is -2.23. The molecule has 5 nitrogen and oxygen atoms in total. The first-order valence-corrected chi connectivity index (χ1v) is 9.12. The number of rotatable bonds is 5. The monoisotopic (exact) mass is 350 g/mol. The van der Waals surface area contributed by atoms with E-state index in [1.807, 2.05) is 0 Å². The molecule has 0 saturated heterocycles. The molecule has 0 fully saturated rings. The molecule has 0 bridgehead atoms. The van der Waals surface area contributed by atoms with Crippen molar-refractivity contribution in [3.8, 4) is 0 Å². The SMILES string of the molecule is Cc1ccc(F)cc1NC(=O)CN(c1ccccc1C)S(C)(=O)=O. The highest BCUT2D eigenvalue weighted by atomic mass is 32.2. The predicted octanol–water partition coefficient (Wildman–Crippen LogP) is 2.85. The van der Waals surface area contributed by atoms with E-state index in [-0.39, 0.29) is 6.54 Å². The summed E-state index contributed by atoms with van der Waals surface area (Å²) in [5.74, 6) is -1.02. The standard InChI is InChI=1S/C17H19FN2O3S/c1-12-8-9-14(18)10-15(12)19-17(21)11-20(24(3,22)23)16-7-5-4-6-13(16)2/h4-10H,11H2,1-3H3,(H,19,21). The number of nitrogens with zero attached hydrogens (tertiary/aromatic N) is 1. The van der Waals surface area contributed by atoms with Crippen LogP contribution in [0.3, 0.4) is 0 Å². The maximum absolute atomic E-state index is 13.3. The Morgan fingerprint density at radius 2 is 1.79 bits per heavy atom. The first kappa shape index (κ1) is 17.9. The molecule has 2 rings (SSSR count). The van der Waals surface area contributed by atoms with E-state index >= 15 is 0 Å². The van der Waals surface area contributed by atoms with Gasteiger partial charge in [-0.1, -0.05) is 24.3 Å². The van der Waals surface area contributed by atoms with Gasteiger partial charge in [0.2, 0.25) is 15.9 Å². The van der Waals surface area contributed by atoms with E-state index in [1.54, 1.807) is 44.2 Å². The van der Waals surface area contributed by atoms with Crippen LogP contribution in [-0.4, -0.2) is 27.1 Å². The van der Waals surface area contributed by atoms with Crippen molar-refractivity contribution in [3.05, 3.63) is 59.4 Å². The second-order valence-electron chi connectivity index (χ2n) is 5.56. The molecule has 7 heteroatoms. The van der Waals surface area contributed by atoms with Crippen LogP contribution in [0.1, 0.15) is 11.1 Å². The highest BCUT2D eigenvalue weighted by molar-refractivity contribution is 7.92. The Morgan fingerprint density at radius 3 is 2.42 bits per heavy atom. The van der Waals surface area contributed by atoms with E-state index in [9.17, 15) is 17.6 Å². The summed E-state index contributed by atoms with van der Waals surface area (Å²) in [5, 5.41) is 2.56. The summed E-state index contributed by atoms with van der Waals surface area (Å²) in [6.07, 6.45) is 1.04. The van der Waals surface area contributed by atoms with Gasteiger partial charge in [0.05, 0.1) is 11.9 Å². The molecule has 0 aliphatic carbocycles. The largest absolute Gasteiger partial charge is 0.324 e. The van der Waals surface area contributed by atoms with Crippen LogP contribution in [0.5, 0.6) is 0 Å². The van der Waals surface area contributed by atoms with Crippen molar-refractivity contribution in [3.63, 3.8) is 0 Å². The number of benzene rings is 2. The summed E-state index contributed by atoms with van der Waals surface area (Å²) in [7, 11) is -3.65. The third kappa shape index (κ3) is 4.32.